The summed E-state index contributed by atoms with van der Waals surface area (Å²) in [6.07, 6.45) is 3.95. The number of nitrogens with one attached hydrogen (secondary N) is 1. The molecule has 12 heteroatoms. The molecule has 1 unspecified atom stereocenters. The van der Waals surface area contributed by atoms with Crippen LogP contribution in [-0.2, 0) is 23.9 Å². The highest BCUT2D eigenvalue weighted by Gasteiger charge is 2.30. The molecule has 1 aromatic rings. The van der Waals surface area contributed by atoms with Crippen molar-refractivity contribution in [2.24, 2.45) is 5.16 Å². The number of aliphatic carboxylic acids is 2. The topological polar surface area (TPSA) is 155 Å². The van der Waals surface area contributed by atoms with Gasteiger partial charge in [-0.2, -0.15) is 0 Å². The van der Waals surface area contributed by atoms with Crippen molar-refractivity contribution in [2.45, 2.75) is 19.3 Å². The van der Waals surface area contributed by atoms with Gasteiger partial charge in [-0.25, -0.2) is 4.79 Å². The Labute approximate surface area is 159 Å². The number of carbonyl (C=O) groups is 3. The fourth-order valence-corrected chi connectivity index (χ4v) is 2.53. The highest BCUT2D eigenvalue weighted by molar-refractivity contribution is 7.13. The molecular weight excluding hydrogens is 379 g/mol. The van der Waals surface area contributed by atoms with Gasteiger partial charge in [-0.3, -0.25) is 9.59 Å². The normalized spacial score (nSPS) is 16.6. The molecule has 0 aromatic carbocycles. The molecule has 1 atom stereocenters. The molecule has 1 aliphatic heterocycles. The second kappa shape index (κ2) is 11.8. The molecule has 1 aromatic heterocycles. The van der Waals surface area contributed by atoms with Crippen LogP contribution in [-0.4, -0.2) is 65.1 Å². The van der Waals surface area contributed by atoms with E-state index in [0.29, 0.717) is 11.3 Å². The van der Waals surface area contributed by atoms with Crippen molar-refractivity contribution >= 4 is 42.0 Å². The Morgan fingerprint density at radius 2 is 2.11 bits per heavy atom. The van der Waals surface area contributed by atoms with Crippen LogP contribution in [0.25, 0.3) is 0 Å². The number of carbonyl (C=O) groups excluding carboxylic acids is 1. The zero-order valence-corrected chi connectivity index (χ0v) is 15.2. The Kier molecular flexibility index (Phi) is 9.79. The Bertz CT molecular complexity index is 688. The smallest absolute Gasteiger partial charge is 0.478 e. The third kappa shape index (κ3) is 8.99. The number of carboxylic acids is 2. The number of amides is 1. The van der Waals surface area contributed by atoms with Crippen LogP contribution in [0.2, 0.25) is 0 Å². The standard InChI is InChI=1S/C13H15BN2O6S.C2H4O2/c17-11(18)8-22-16-12(9-4-3-7-23-9)13(19)15-10-5-1-2-6-21-14(10)20;1-2(3)4/h1-4,7,10,20H,5-6,8H2,(H,15,19)(H,17,18);1H3,(H,3,4)/b16-12-;. The van der Waals surface area contributed by atoms with Crippen LogP contribution in [0.3, 0.4) is 0 Å². The fourth-order valence-electron chi connectivity index (χ4n) is 1.83. The van der Waals surface area contributed by atoms with Crippen LogP contribution < -0.4 is 5.32 Å². The first-order valence-corrected chi connectivity index (χ1v) is 8.60. The minimum atomic E-state index is -1.20. The number of oxime groups is 1. The van der Waals surface area contributed by atoms with Gasteiger partial charge < -0.3 is 30.0 Å². The highest BCUT2D eigenvalue weighted by atomic mass is 32.1. The van der Waals surface area contributed by atoms with Gasteiger partial charge in [0.05, 0.1) is 10.8 Å². The quantitative estimate of drug-likeness (QED) is 0.228. The van der Waals surface area contributed by atoms with Crippen molar-refractivity contribution < 1.29 is 39.1 Å². The molecule has 0 fully saturated rings. The maximum absolute atomic E-state index is 12.4. The van der Waals surface area contributed by atoms with E-state index < -0.39 is 37.5 Å². The van der Waals surface area contributed by atoms with Gasteiger partial charge in [0.25, 0.3) is 11.9 Å². The monoisotopic (exact) mass is 398 g/mol. The molecule has 2 rings (SSSR count). The second-order valence-corrected chi connectivity index (χ2v) is 6.06. The molecule has 0 radical (unpaired) electrons. The lowest BCUT2D eigenvalue weighted by Gasteiger charge is -2.17. The molecule has 10 nitrogen and oxygen atoms in total. The summed E-state index contributed by atoms with van der Waals surface area (Å²) in [6.45, 7) is 0.696. The zero-order valence-electron chi connectivity index (χ0n) is 14.4. The summed E-state index contributed by atoms with van der Waals surface area (Å²) in [7, 11) is -1.14. The van der Waals surface area contributed by atoms with Crippen LogP contribution in [0, 0.1) is 0 Å². The Balaban J connectivity index is 0.000000828. The highest BCUT2D eigenvalue weighted by Crippen LogP contribution is 2.12. The molecular formula is C15H19BN2O8S. The largest absolute Gasteiger partial charge is 0.481 e. The van der Waals surface area contributed by atoms with Crippen LogP contribution in [0.4, 0.5) is 0 Å². The van der Waals surface area contributed by atoms with Crippen molar-refractivity contribution in [3.05, 3.63) is 34.5 Å². The van der Waals surface area contributed by atoms with Gasteiger partial charge >= 0.3 is 13.1 Å². The fraction of sp³-hybridized carbons (Fsp3) is 0.333. The van der Waals surface area contributed by atoms with E-state index in [9.17, 15) is 14.6 Å². The first-order valence-electron chi connectivity index (χ1n) is 7.72. The summed E-state index contributed by atoms with van der Waals surface area (Å²) in [5.41, 5.74) is -0.0540. The first kappa shape index (κ1) is 22.3. The van der Waals surface area contributed by atoms with Gasteiger partial charge in [0, 0.05) is 13.5 Å². The summed E-state index contributed by atoms with van der Waals surface area (Å²) in [5, 5.41) is 33.8. The molecule has 0 saturated heterocycles. The molecule has 146 valence electrons. The predicted octanol–water partition coefficient (Wildman–Crippen LogP) is 0.125. The Morgan fingerprint density at radius 3 is 2.70 bits per heavy atom. The predicted molar refractivity (Wildman–Crippen MR) is 97.4 cm³/mol. The SMILES string of the molecule is CC(=O)O.O=C(O)CO/N=C(\C(=O)NC1CC=CCOB1O)c1cccs1. The number of thiophene rings is 1. The molecule has 0 bridgehead atoms. The van der Waals surface area contributed by atoms with E-state index in [2.05, 4.69) is 15.3 Å². The van der Waals surface area contributed by atoms with E-state index >= 15 is 0 Å². The lowest BCUT2D eigenvalue weighted by Crippen LogP contribution is -2.49. The van der Waals surface area contributed by atoms with Crippen LogP contribution in [0.5, 0.6) is 0 Å². The molecule has 0 aliphatic carbocycles. The molecule has 1 amide bonds. The van der Waals surface area contributed by atoms with Crippen molar-refractivity contribution in [3.63, 3.8) is 0 Å². The van der Waals surface area contributed by atoms with Crippen molar-refractivity contribution in [2.75, 3.05) is 13.2 Å². The molecule has 2 heterocycles. The van der Waals surface area contributed by atoms with E-state index in [0.717, 1.165) is 6.92 Å². The summed E-state index contributed by atoms with van der Waals surface area (Å²) >= 11 is 1.26. The average molecular weight is 398 g/mol. The summed E-state index contributed by atoms with van der Waals surface area (Å²) in [6, 6.07) is 3.39. The lowest BCUT2D eigenvalue weighted by atomic mass is 9.77. The molecule has 0 spiro atoms. The van der Waals surface area contributed by atoms with Crippen molar-refractivity contribution in [1.29, 1.82) is 0 Å². The third-order valence-electron chi connectivity index (χ3n) is 2.89. The summed E-state index contributed by atoms with van der Waals surface area (Å²) < 4.78 is 5.11. The Hall–Kier alpha value is -2.70. The summed E-state index contributed by atoms with van der Waals surface area (Å²) in [4.78, 5) is 37.1. The minimum Gasteiger partial charge on any atom is -0.481 e. The van der Waals surface area contributed by atoms with Gasteiger partial charge in [-0.05, 0) is 17.9 Å². The van der Waals surface area contributed by atoms with Crippen molar-refractivity contribution in [1.82, 2.24) is 5.32 Å². The first-order chi connectivity index (χ1) is 12.8. The van der Waals surface area contributed by atoms with E-state index in [1.165, 1.54) is 11.3 Å². The maximum Gasteiger partial charge on any atom is 0.478 e. The Morgan fingerprint density at radius 1 is 1.41 bits per heavy atom. The lowest BCUT2D eigenvalue weighted by molar-refractivity contribution is -0.142. The number of rotatable bonds is 6. The number of hydrogen-bond donors (Lipinski definition) is 4. The third-order valence-corrected chi connectivity index (χ3v) is 3.77. The minimum absolute atomic E-state index is 0.0540. The van der Waals surface area contributed by atoms with E-state index in [1.807, 2.05) is 0 Å². The molecule has 27 heavy (non-hydrogen) atoms. The molecule has 4 N–H and O–H groups in total. The average Bonchev–Trinajstić information content (AvgIpc) is 3.03. The zero-order chi connectivity index (χ0) is 20.2. The number of carboxylic acid groups (broad SMARTS) is 2. The van der Waals surface area contributed by atoms with E-state index in [-0.39, 0.29) is 12.3 Å². The van der Waals surface area contributed by atoms with Crippen molar-refractivity contribution in [3.8, 4) is 0 Å². The second-order valence-electron chi connectivity index (χ2n) is 5.11. The maximum atomic E-state index is 12.4. The van der Waals surface area contributed by atoms with Crippen LogP contribution in [0.15, 0.2) is 34.8 Å². The van der Waals surface area contributed by atoms with Gasteiger partial charge in [0.1, 0.15) is 0 Å². The van der Waals surface area contributed by atoms with Crippen LogP contribution >= 0.6 is 11.3 Å². The molecule has 0 saturated carbocycles. The van der Waals surface area contributed by atoms with Crippen LogP contribution in [0.1, 0.15) is 18.2 Å². The summed E-state index contributed by atoms with van der Waals surface area (Å²) in [5.74, 6) is -3.25. The number of hydrogen-bond acceptors (Lipinski definition) is 8. The van der Waals surface area contributed by atoms with Gasteiger partial charge in [-0.1, -0.05) is 23.4 Å². The van der Waals surface area contributed by atoms with Gasteiger partial charge in [-0.15, -0.1) is 11.3 Å². The van der Waals surface area contributed by atoms with Gasteiger partial charge in [0.2, 0.25) is 6.61 Å². The van der Waals surface area contributed by atoms with E-state index in [4.69, 9.17) is 19.7 Å². The molecule has 1 aliphatic rings. The number of nitrogens with zero attached hydrogens (tertiary/aromatic N) is 1. The van der Waals surface area contributed by atoms with Gasteiger partial charge in [0.15, 0.2) is 5.71 Å². The van der Waals surface area contributed by atoms with E-state index in [1.54, 1.807) is 29.7 Å².